The number of benzene rings is 1. The van der Waals surface area contributed by atoms with Crippen LogP contribution >= 0.6 is 0 Å². The molecule has 20 heavy (non-hydrogen) atoms. The van der Waals surface area contributed by atoms with Crippen LogP contribution in [-0.2, 0) is 25.8 Å². The maximum absolute atomic E-state index is 11.7. The van der Waals surface area contributed by atoms with Gasteiger partial charge < -0.3 is 10.1 Å². The number of ether oxygens (including phenoxy) is 1. The zero-order valence-corrected chi connectivity index (χ0v) is 12.3. The lowest BCUT2D eigenvalue weighted by Crippen LogP contribution is -2.35. The first-order valence-electron chi connectivity index (χ1n) is 6.65. The molecule has 1 aliphatic heterocycles. The highest BCUT2D eigenvalue weighted by Crippen LogP contribution is 2.12. The minimum absolute atomic E-state index is 0.0599. The summed E-state index contributed by atoms with van der Waals surface area (Å²) in [4.78, 5) is 12.0. The number of rotatable bonds is 5. The van der Waals surface area contributed by atoms with Gasteiger partial charge in [0.25, 0.3) is 0 Å². The number of carbonyl (C=O) groups excluding carboxylic acids is 1. The molecule has 1 aromatic carbocycles. The van der Waals surface area contributed by atoms with Gasteiger partial charge in [-0.3, -0.25) is 4.79 Å². The highest BCUT2D eigenvalue weighted by Gasteiger charge is 2.22. The van der Waals surface area contributed by atoms with Gasteiger partial charge in [-0.25, -0.2) is 8.42 Å². The van der Waals surface area contributed by atoms with Gasteiger partial charge in [0.1, 0.15) is 6.10 Å². The van der Waals surface area contributed by atoms with Crippen LogP contribution in [0.4, 0.5) is 0 Å². The number of sulfone groups is 1. The second-order valence-electron chi connectivity index (χ2n) is 4.96. The molecule has 2 rings (SSSR count). The Balaban J connectivity index is 1.81. The molecule has 110 valence electrons. The maximum atomic E-state index is 11.7. The molecule has 0 aliphatic carbocycles. The Kier molecular flexibility index (Phi) is 4.77. The van der Waals surface area contributed by atoms with Gasteiger partial charge >= 0.3 is 0 Å². The van der Waals surface area contributed by atoms with Crippen molar-refractivity contribution in [2.24, 2.45) is 0 Å². The van der Waals surface area contributed by atoms with Gasteiger partial charge in [-0.1, -0.05) is 12.1 Å². The number of hydrogen-bond acceptors (Lipinski definition) is 4. The summed E-state index contributed by atoms with van der Waals surface area (Å²) < 4.78 is 27.9. The Bertz CT molecular complexity index is 559. The molecule has 0 saturated carbocycles. The fourth-order valence-corrected chi connectivity index (χ4v) is 2.76. The molecule has 1 amide bonds. The molecule has 1 fully saturated rings. The van der Waals surface area contributed by atoms with E-state index >= 15 is 0 Å². The van der Waals surface area contributed by atoms with Crippen molar-refractivity contribution in [3.63, 3.8) is 0 Å². The third-order valence-corrected chi connectivity index (χ3v) is 4.41. The molecule has 1 heterocycles. The summed E-state index contributed by atoms with van der Waals surface area (Å²) >= 11 is 0. The van der Waals surface area contributed by atoms with Gasteiger partial charge in [-0.15, -0.1) is 0 Å². The molecule has 0 aromatic heterocycles. The zero-order valence-electron chi connectivity index (χ0n) is 11.5. The third-order valence-electron chi connectivity index (χ3n) is 3.29. The molecular formula is C14H19NO4S. The Morgan fingerprint density at radius 2 is 2.05 bits per heavy atom. The summed E-state index contributed by atoms with van der Waals surface area (Å²) in [5, 5.41) is 2.84. The minimum Gasteiger partial charge on any atom is -0.368 e. The van der Waals surface area contributed by atoms with Crippen molar-refractivity contribution in [3.8, 4) is 0 Å². The Hall–Kier alpha value is -1.40. The summed E-state index contributed by atoms with van der Waals surface area (Å²) in [6, 6.07) is 6.72. The lowest BCUT2D eigenvalue weighted by molar-refractivity contribution is -0.129. The van der Waals surface area contributed by atoms with Gasteiger partial charge in [0.05, 0.1) is 4.90 Å². The van der Waals surface area contributed by atoms with Crippen molar-refractivity contribution >= 4 is 15.7 Å². The first-order chi connectivity index (χ1) is 9.47. The normalized spacial score (nSPS) is 18.9. The van der Waals surface area contributed by atoms with Crippen LogP contribution in [0.15, 0.2) is 29.2 Å². The monoisotopic (exact) mass is 297 g/mol. The molecule has 0 radical (unpaired) electrons. The molecule has 6 heteroatoms. The van der Waals surface area contributed by atoms with E-state index in [1.54, 1.807) is 24.3 Å². The predicted octanol–water partition coefficient (Wildman–Crippen LogP) is 0.928. The van der Waals surface area contributed by atoms with E-state index in [0.717, 1.165) is 18.4 Å². The van der Waals surface area contributed by atoms with E-state index in [2.05, 4.69) is 5.32 Å². The van der Waals surface area contributed by atoms with Crippen molar-refractivity contribution in [2.75, 3.05) is 19.4 Å². The van der Waals surface area contributed by atoms with Crippen molar-refractivity contribution < 1.29 is 17.9 Å². The third kappa shape index (κ3) is 4.05. The van der Waals surface area contributed by atoms with Gasteiger partial charge in [0, 0.05) is 19.4 Å². The fraction of sp³-hybridized carbons (Fsp3) is 0.500. The van der Waals surface area contributed by atoms with Crippen LogP contribution < -0.4 is 5.32 Å². The highest BCUT2D eigenvalue weighted by atomic mass is 32.2. The maximum Gasteiger partial charge on any atom is 0.249 e. The topological polar surface area (TPSA) is 72.5 Å². The second-order valence-corrected chi connectivity index (χ2v) is 6.97. The van der Waals surface area contributed by atoms with E-state index in [0.29, 0.717) is 24.5 Å². The van der Waals surface area contributed by atoms with Gasteiger partial charge in [0.2, 0.25) is 5.91 Å². The van der Waals surface area contributed by atoms with Crippen LogP contribution in [0.1, 0.15) is 18.4 Å². The van der Waals surface area contributed by atoms with Gasteiger partial charge in [0.15, 0.2) is 9.84 Å². The molecular weight excluding hydrogens is 278 g/mol. The van der Waals surface area contributed by atoms with Crippen molar-refractivity contribution in [1.82, 2.24) is 5.32 Å². The van der Waals surface area contributed by atoms with E-state index in [9.17, 15) is 13.2 Å². The van der Waals surface area contributed by atoms with Gasteiger partial charge in [-0.2, -0.15) is 0 Å². The summed E-state index contributed by atoms with van der Waals surface area (Å²) in [7, 11) is -3.15. The molecule has 1 N–H and O–H groups in total. The van der Waals surface area contributed by atoms with Crippen LogP contribution in [0.2, 0.25) is 0 Å². The number of nitrogens with one attached hydrogen (secondary N) is 1. The van der Waals surface area contributed by atoms with Crippen LogP contribution in [0.5, 0.6) is 0 Å². The first-order valence-corrected chi connectivity index (χ1v) is 8.54. The quantitative estimate of drug-likeness (QED) is 0.877. The highest BCUT2D eigenvalue weighted by molar-refractivity contribution is 7.90. The first kappa shape index (κ1) is 15.0. The van der Waals surface area contributed by atoms with Crippen molar-refractivity contribution in [3.05, 3.63) is 29.8 Å². The molecule has 1 aromatic rings. The fourth-order valence-electron chi connectivity index (χ4n) is 2.13. The molecule has 5 nitrogen and oxygen atoms in total. The smallest absolute Gasteiger partial charge is 0.249 e. The lowest BCUT2D eigenvalue weighted by atomic mass is 10.1. The number of carbonyl (C=O) groups is 1. The summed E-state index contributed by atoms with van der Waals surface area (Å²) in [5.41, 5.74) is 0.991. The Morgan fingerprint density at radius 3 is 2.60 bits per heavy atom. The van der Waals surface area contributed by atoms with Crippen molar-refractivity contribution in [2.45, 2.75) is 30.3 Å². The van der Waals surface area contributed by atoms with Crippen LogP contribution in [0.25, 0.3) is 0 Å². The second kappa shape index (κ2) is 6.37. The van der Waals surface area contributed by atoms with E-state index in [4.69, 9.17) is 4.74 Å². The summed E-state index contributed by atoms with van der Waals surface area (Å²) in [6.07, 6.45) is 3.27. The Labute approximate surface area is 119 Å². The number of hydrogen-bond donors (Lipinski definition) is 1. The standard InChI is InChI=1S/C14H19NO4S/c1-20(17,18)12-6-4-11(5-7-12)8-9-15-14(16)13-3-2-10-19-13/h4-7,13H,2-3,8-10H2,1H3,(H,15,16). The van der Waals surface area contributed by atoms with Crippen LogP contribution in [0, 0.1) is 0 Å². The number of amides is 1. The summed E-state index contributed by atoms with van der Waals surface area (Å²) in [6.45, 7) is 1.18. The zero-order chi connectivity index (χ0) is 14.6. The molecule has 1 aliphatic rings. The van der Waals surface area contributed by atoms with E-state index in [1.807, 2.05) is 0 Å². The van der Waals surface area contributed by atoms with Crippen molar-refractivity contribution in [1.29, 1.82) is 0 Å². The largest absolute Gasteiger partial charge is 0.368 e. The van der Waals surface area contributed by atoms with Crippen LogP contribution in [-0.4, -0.2) is 39.8 Å². The van der Waals surface area contributed by atoms with Crippen LogP contribution in [0.3, 0.4) is 0 Å². The van der Waals surface area contributed by atoms with E-state index in [-0.39, 0.29) is 12.0 Å². The predicted molar refractivity (Wildman–Crippen MR) is 75.2 cm³/mol. The summed E-state index contributed by atoms with van der Waals surface area (Å²) in [5.74, 6) is -0.0599. The van der Waals surface area contributed by atoms with Gasteiger partial charge in [-0.05, 0) is 37.0 Å². The lowest BCUT2D eigenvalue weighted by Gasteiger charge is -2.10. The molecule has 1 saturated heterocycles. The Morgan fingerprint density at radius 1 is 1.35 bits per heavy atom. The van der Waals surface area contributed by atoms with E-state index in [1.165, 1.54) is 6.26 Å². The van der Waals surface area contributed by atoms with E-state index < -0.39 is 9.84 Å². The molecule has 0 bridgehead atoms. The average Bonchev–Trinajstić information content (AvgIpc) is 2.92. The SMILES string of the molecule is CS(=O)(=O)c1ccc(CCNC(=O)C2CCCO2)cc1. The average molecular weight is 297 g/mol. The molecule has 1 unspecified atom stereocenters. The molecule has 1 atom stereocenters. The minimum atomic E-state index is -3.15. The molecule has 0 spiro atoms.